The Morgan fingerprint density at radius 3 is 2.44 bits per heavy atom. The molecule has 6 atom stereocenters. The van der Waals surface area contributed by atoms with Crippen LogP contribution in [0.2, 0.25) is 0 Å². The predicted molar refractivity (Wildman–Crippen MR) is 89.4 cm³/mol. The van der Waals surface area contributed by atoms with Gasteiger partial charge in [0, 0.05) is 0 Å². The molecule has 6 unspecified atom stereocenters. The number of amides is 1. The van der Waals surface area contributed by atoms with E-state index in [4.69, 9.17) is 0 Å². The first-order valence-electron chi connectivity index (χ1n) is 9.49. The molecule has 4 aliphatic rings. The summed E-state index contributed by atoms with van der Waals surface area (Å²) < 4.78 is 42.2. The second-order valence-corrected chi connectivity index (χ2v) is 10.1. The molecule has 0 bridgehead atoms. The number of halogens is 1. The van der Waals surface area contributed by atoms with Crippen molar-refractivity contribution >= 4 is 16.1 Å². The normalized spacial score (nSPS) is 44.3. The van der Waals surface area contributed by atoms with E-state index in [0.717, 1.165) is 35.9 Å². The molecule has 0 aromatic heterocycles. The third-order valence-electron chi connectivity index (χ3n) is 6.69. The van der Waals surface area contributed by atoms with E-state index in [1.54, 1.807) is 0 Å². The van der Waals surface area contributed by atoms with Crippen LogP contribution in [0.5, 0.6) is 0 Å². The van der Waals surface area contributed by atoms with E-state index in [2.05, 4.69) is 0 Å². The van der Waals surface area contributed by atoms with E-state index in [-0.39, 0.29) is 11.8 Å². The fraction of sp³-hybridized carbons (Fsp3) is 0.941. The molecule has 1 amide bonds. The zero-order valence-corrected chi connectivity index (χ0v) is 15.1. The van der Waals surface area contributed by atoms with Crippen LogP contribution in [0.1, 0.15) is 51.4 Å². The molecule has 0 spiro atoms. The second-order valence-electron chi connectivity index (χ2n) is 8.44. The number of nitrogens with zero attached hydrogens (tertiary/aromatic N) is 1. The smallest absolute Gasteiger partial charge is 0.304 e. The van der Waals surface area contributed by atoms with Crippen molar-refractivity contribution in [2.45, 2.75) is 69.7 Å². The summed E-state index contributed by atoms with van der Waals surface area (Å²) in [6.45, 7) is -0.396. The Labute approximate surface area is 148 Å². The molecule has 1 aliphatic heterocycles. The van der Waals surface area contributed by atoms with Gasteiger partial charge in [-0.1, -0.05) is 32.1 Å². The Bertz CT molecular complexity index is 639. The Balaban J connectivity index is 1.47. The largest absolute Gasteiger partial charge is 0.391 e. The summed E-state index contributed by atoms with van der Waals surface area (Å²) in [6, 6.07) is -1.15. The summed E-state index contributed by atoms with van der Waals surface area (Å²) >= 11 is 0. The molecular weight excluding hydrogens is 347 g/mol. The molecule has 1 heterocycles. The lowest BCUT2D eigenvalue weighted by Crippen LogP contribution is -2.58. The summed E-state index contributed by atoms with van der Waals surface area (Å²) in [5, 5.41) is 10.4. The summed E-state index contributed by atoms with van der Waals surface area (Å²) in [7, 11) is -4.03. The highest BCUT2D eigenvalue weighted by Gasteiger charge is 2.53. The Morgan fingerprint density at radius 1 is 1.12 bits per heavy atom. The van der Waals surface area contributed by atoms with Crippen molar-refractivity contribution in [3.63, 3.8) is 0 Å². The first-order valence-corrected chi connectivity index (χ1v) is 10.9. The number of hydrogen-bond donors (Lipinski definition) is 2. The third-order valence-corrected chi connectivity index (χ3v) is 8.17. The molecule has 142 valence electrons. The SMILES string of the molecule is O=C1CN(C2C(O)CC3CCC(CCC4CC4)CC3C2F)S(=O)(=O)N1. The van der Waals surface area contributed by atoms with Gasteiger partial charge in [0.2, 0.25) is 5.91 Å². The van der Waals surface area contributed by atoms with Gasteiger partial charge in [-0.05, 0) is 42.9 Å². The number of hydrogen-bond acceptors (Lipinski definition) is 4. The topological polar surface area (TPSA) is 86.7 Å². The minimum absolute atomic E-state index is 0.118. The minimum atomic E-state index is -4.03. The van der Waals surface area contributed by atoms with Gasteiger partial charge in [-0.15, -0.1) is 0 Å². The highest BCUT2D eigenvalue weighted by molar-refractivity contribution is 7.88. The maximum atomic E-state index is 15.3. The Hall–Kier alpha value is -0.730. The van der Waals surface area contributed by atoms with E-state index in [1.807, 2.05) is 4.72 Å². The van der Waals surface area contributed by atoms with Gasteiger partial charge in [0.1, 0.15) is 6.17 Å². The third kappa shape index (κ3) is 3.45. The molecule has 6 nitrogen and oxygen atoms in total. The van der Waals surface area contributed by atoms with Crippen LogP contribution < -0.4 is 4.72 Å². The second kappa shape index (κ2) is 6.46. The number of aliphatic hydroxyl groups is 1. The Morgan fingerprint density at radius 2 is 1.80 bits per heavy atom. The molecule has 0 aromatic carbocycles. The summed E-state index contributed by atoms with van der Waals surface area (Å²) in [5.74, 6) is 0.620. The summed E-state index contributed by atoms with van der Waals surface area (Å²) in [5.41, 5.74) is 0. The molecule has 0 radical (unpaired) electrons. The van der Waals surface area contributed by atoms with Crippen molar-refractivity contribution in [1.82, 2.24) is 9.03 Å². The maximum absolute atomic E-state index is 15.3. The molecule has 2 N–H and O–H groups in total. The number of carbonyl (C=O) groups is 1. The van der Waals surface area contributed by atoms with Crippen molar-refractivity contribution in [2.75, 3.05) is 6.54 Å². The average molecular weight is 374 g/mol. The molecule has 3 aliphatic carbocycles. The molecule has 0 aromatic rings. The minimum Gasteiger partial charge on any atom is -0.391 e. The molecular formula is C17H27FN2O4S. The fourth-order valence-corrected chi connectivity index (χ4v) is 6.51. The summed E-state index contributed by atoms with van der Waals surface area (Å²) in [4.78, 5) is 11.5. The van der Waals surface area contributed by atoms with Crippen molar-refractivity contribution in [2.24, 2.45) is 23.7 Å². The molecule has 8 heteroatoms. The van der Waals surface area contributed by atoms with E-state index in [1.165, 1.54) is 19.3 Å². The first-order chi connectivity index (χ1) is 11.8. The standard InChI is InChI=1S/C17H27FN2O4S/c18-16-13-7-11(4-3-10-1-2-10)5-6-12(13)8-14(21)17(16)20-9-15(22)19-25(20,23)24/h10-14,16-17,21H,1-9H2,(H,19,22). The van der Waals surface area contributed by atoms with Crippen LogP contribution >= 0.6 is 0 Å². The number of alkyl halides is 1. The van der Waals surface area contributed by atoms with Crippen molar-refractivity contribution in [3.05, 3.63) is 0 Å². The van der Waals surface area contributed by atoms with Crippen molar-refractivity contribution in [1.29, 1.82) is 0 Å². The van der Waals surface area contributed by atoms with Gasteiger partial charge in [-0.3, -0.25) is 4.79 Å². The maximum Gasteiger partial charge on any atom is 0.304 e. The van der Waals surface area contributed by atoms with Gasteiger partial charge in [-0.2, -0.15) is 12.7 Å². The van der Waals surface area contributed by atoms with E-state index >= 15 is 4.39 Å². The predicted octanol–water partition coefficient (Wildman–Crippen LogP) is 1.36. The molecule has 3 saturated carbocycles. The van der Waals surface area contributed by atoms with Gasteiger partial charge in [0.15, 0.2) is 0 Å². The molecule has 4 fully saturated rings. The molecule has 1 saturated heterocycles. The lowest BCUT2D eigenvalue weighted by Gasteiger charge is -2.48. The zero-order valence-electron chi connectivity index (χ0n) is 14.3. The monoisotopic (exact) mass is 374 g/mol. The van der Waals surface area contributed by atoms with Crippen LogP contribution in [-0.4, -0.2) is 48.6 Å². The number of carbonyl (C=O) groups excluding carboxylic acids is 1. The highest BCUT2D eigenvalue weighted by Crippen LogP contribution is 2.48. The number of rotatable bonds is 4. The van der Waals surface area contributed by atoms with E-state index in [0.29, 0.717) is 12.3 Å². The molecule has 25 heavy (non-hydrogen) atoms. The fourth-order valence-electron chi connectivity index (χ4n) is 5.17. The molecule has 4 rings (SSSR count). The van der Waals surface area contributed by atoms with Gasteiger partial charge < -0.3 is 5.11 Å². The van der Waals surface area contributed by atoms with Crippen molar-refractivity contribution in [3.8, 4) is 0 Å². The lowest BCUT2D eigenvalue weighted by atomic mass is 9.64. The van der Waals surface area contributed by atoms with Crippen LogP contribution in [0, 0.1) is 23.7 Å². The Kier molecular flexibility index (Phi) is 4.57. The summed E-state index contributed by atoms with van der Waals surface area (Å²) in [6.07, 6.45) is 5.73. The lowest BCUT2D eigenvalue weighted by molar-refractivity contribution is -0.120. The first kappa shape index (κ1) is 17.7. The van der Waals surface area contributed by atoms with Crippen LogP contribution in [-0.2, 0) is 15.0 Å². The van der Waals surface area contributed by atoms with Gasteiger partial charge in [0.25, 0.3) is 0 Å². The van der Waals surface area contributed by atoms with Crippen molar-refractivity contribution < 1.29 is 22.7 Å². The van der Waals surface area contributed by atoms with Gasteiger partial charge in [-0.25, -0.2) is 9.11 Å². The van der Waals surface area contributed by atoms with Gasteiger partial charge >= 0.3 is 10.2 Å². The van der Waals surface area contributed by atoms with Crippen LogP contribution in [0.15, 0.2) is 0 Å². The number of fused-ring (bicyclic) bond motifs is 1. The van der Waals surface area contributed by atoms with E-state index < -0.39 is 41.0 Å². The van der Waals surface area contributed by atoms with Crippen LogP contribution in [0.4, 0.5) is 4.39 Å². The number of nitrogens with one attached hydrogen (secondary N) is 1. The van der Waals surface area contributed by atoms with Crippen LogP contribution in [0.25, 0.3) is 0 Å². The van der Waals surface area contributed by atoms with Crippen LogP contribution in [0.3, 0.4) is 0 Å². The highest BCUT2D eigenvalue weighted by atomic mass is 32.2. The average Bonchev–Trinajstić information content (AvgIpc) is 3.31. The van der Waals surface area contributed by atoms with Gasteiger partial charge in [0.05, 0.1) is 18.7 Å². The quantitative estimate of drug-likeness (QED) is 0.778. The zero-order chi connectivity index (χ0) is 17.8. The number of aliphatic hydroxyl groups excluding tert-OH is 1. The van der Waals surface area contributed by atoms with E-state index in [9.17, 15) is 18.3 Å².